The molecule has 1 saturated heterocycles. The number of halogens is 2. The summed E-state index contributed by atoms with van der Waals surface area (Å²) in [6.07, 6.45) is 7.02. The molecule has 2 N–H and O–H groups in total. The molecule has 0 spiro atoms. The van der Waals surface area contributed by atoms with Gasteiger partial charge in [-0.15, -0.1) is 6.42 Å². The zero-order chi connectivity index (χ0) is 22.3. The number of aryl methyl sites for hydroxylation is 1. The zero-order valence-corrected chi connectivity index (χ0v) is 17.1. The van der Waals surface area contributed by atoms with Crippen LogP contribution in [0.3, 0.4) is 0 Å². The topological polar surface area (TPSA) is 72.1 Å². The number of pyridine rings is 1. The van der Waals surface area contributed by atoms with Gasteiger partial charge in [-0.25, -0.2) is 13.6 Å². The standard InChI is InChI=1S/C24H18F2N4O2/c1-3-13-17(25)5-4-11-6-12(31)7-14(19(11)13)21-20(26)23-18(10-28-21)30(24(32)29(23)2)22-15-8-27-9-16(15)22/h1,4-7,10,15-16,22,27,31H,8-9H2,2H3/t15-,16+,22?. The number of benzene rings is 2. The Labute approximate surface area is 181 Å². The van der Waals surface area contributed by atoms with Crippen molar-refractivity contribution >= 4 is 21.8 Å². The van der Waals surface area contributed by atoms with Crippen molar-refractivity contribution in [2.24, 2.45) is 18.9 Å². The molecule has 2 aliphatic rings. The molecule has 1 aliphatic heterocycles. The predicted molar refractivity (Wildman–Crippen MR) is 116 cm³/mol. The molecule has 0 bridgehead atoms. The van der Waals surface area contributed by atoms with Gasteiger partial charge in [0.15, 0.2) is 5.82 Å². The molecule has 1 aliphatic carbocycles. The van der Waals surface area contributed by atoms with Gasteiger partial charge in [0.25, 0.3) is 0 Å². The van der Waals surface area contributed by atoms with Crippen molar-refractivity contribution in [2.45, 2.75) is 6.04 Å². The molecule has 160 valence electrons. The van der Waals surface area contributed by atoms with Crippen molar-refractivity contribution in [1.82, 2.24) is 19.4 Å². The van der Waals surface area contributed by atoms with Gasteiger partial charge in [0.1, 0.15) is 22.8 Å². The molecule has 2 aromatic heterocycles. The molecular weight excluding hydrogens is 414 g/mol. The Morgan fingerprint density at radius 2 is 2.00 bits per heavy atom. The van der Waals surface area contributed by atoms with Gasteiger partial charge in [0.05, 0.1) is 17.3 Å². The number of nitrogens with one attached hydrogen (secondary N) is 1. The summed E-state index contributed by atoms with van der Waals surface area (Å²) in [6, 6.07) is 5.45. The lowest BCUT2D eigenvalue weighted by molar-refractivity contribution is 0.476. The van der Waals surface area contributed by atoms with E-state index in [0.29, 0.717) is 22.7 Å². The molecular formula is C24H18F2N4O2. The number of nitrogens with zero attached hydrogens (tertiary/aromatic N) is 3. The van der Waals surface area contributed by atoms with E-state index in [1.165, 1.54) is 42.1 Å². The van der Waals surface area contributed by atoms with E-state index in [0.717, 1.165) is 13.1 Å². The van der Waals surface area contributed by atoms with Gasteiger partial charge in [-0.2, -0.15) is 0 Å². The molecule has 8 heteroatoms. The Morgan fingerprint density at radius 1 is 1.25 bits per heavy atom. The number of aromatic hydroxyl groups is 1. The van der Waals surface area contributed by atoms with Gasteiger partial charge < -0.3 is 10.4 Å². The van der Waals surface area contributed by atoms with Crippen LogP contribution in [0.1, 0.15) is 11.6 Å². The number of piperidine rings is 1. The van der Waals surface area contributed by atoms with Gasteiger partial charge in [-0.3, -0.25) is 14.1 Å². The van der Waals surface area contributed by atoms with Crippen LogP contribution in [0.5, 0.6) is 5.75 Å². The quantitative estimate of drug-likeness (QED) is 0.478. The summed E-state index contributed by atoms with van der Waals surface area (Å²) in [4.78, 5) is 17.3. The molecule has 3 atom stereocenters. The predicted octanol–water partition coefficient (Wildman–Crippen LogP) is 2.91. The van der Waals surface area contributed by atoms with Crippen LogP contribution in [0.4, 0.5) is 8.78 Å². The van der Waals surface area contributed by atoms with Crippen molar-refractivity contribution in [1.29, 1.82) is 0 Å². The summed E-state index contributed by atoms with van der Waals surface area (Å²) in [5.41, 5.74) is 0.265. The van der Waals surface area contributed by atoms with E-state index in [2.05, 4.69) is 16.2 Å². The van der Waals surface area contributed by atoms with Gasteiger partial charge >= 0.3 is 5.69 Å². The summed E-state index contributed by atoms with van der Waals surface area (Å²) in [6.45, 7) is 1.67. The fourth-order valence-corrected chi connectivity index (χ4v) is 5.32. The van der Waals surface area contributed by atoms with E-state index >= 15 is 4.39 Å². The molecule has 3 heterocycles. The Bertz CT molecular complexity index is 1550. The van der Waals surface area contributed by atoms with Crippen LogP contribution in [-0.2, 0) is 7.05 Å². The number of rotatable bonds is 2. The minimum Gasteiger partial charge on any atom is -0.508 e. The number of fused-ring (bicyclic) bond motifs is 3. The highest BCUT2D eigenvalue weighted by Gasteiger charge is 2.55. The van der Waals surface area contributed by atoms with Crippen molar-refractivity contribution in [3.05, 3.63) is 58.1 Å². The molecule has 32 heavy (non-hydrogen) atoms. The average Bonchev–Trinajstić information content (AvgIpc) is 3.10. The molecule has 6 nitrogen and oxygen atoms in total. The minimum absolute atomic E-state index is 0.0308. The second-order valence-electron chi connectivity index (χ2n) is 8.50. The third-order valence-electron chi connectivity index (χ3n) is 6.86. The van der Waals surface area contributed by atoms with Crippen LogP contribution in [0, 0.1) is 35.8 Å². The third-order valence-corrected chi connectivity index (χ3v) is 6.86. The van der Waals surface area contributed by atoms with E-state index in [1.54, 1.807) is 4.57 Å². The van der Waals surface area contributed by atoms with Crippen molar-refractivity contribution in [3.63, 3.8) is 0 Å². The van der Waals surface area contributed by atoms with E-state index in [1.807, 2.05) is 0 Å². The molecule has 0 amide bonds. The van der Waals surface area contributed by atoms with Gasteiger partial charge in [0.2, 0.25) is 0 Å². The molecule has 2 fully saturated rings. The van der Waals surface area contributed by atoms with Crippen molar-refractivity contribution < 1.29 is 13.9 Å². The molecule has 4 aromatic rings. The molecule has 0 radical (unpaired) electrons. The SMILES string of the molecule is C#Cc1c(F)ccc2cc(O)cc(-c3ncc4c(c3F)n(C)c(=O)n4C3[C@H]4CNC[C@@H]34)c12. The second-order valence-corrected chi connectivity index (χ2v) is 8.50. The first-order valence-electron chi connectivity index (χ1n) is 10.3. The number of phenolic OH excluding ortho intramolecular Hbond substituents is 1. The molecule has 1 saturated carbocycles. The molecule has 1 unspecified atom stereocenters. The van der Waals surface area contributed by atoms with Crippen LogP contribution in [0.25, 0.3) is 33.1 Å². The normalized spacial score (nSPS) is 21.8. The number of phenols is 1. The van der Waals surface area contributed by atoms with Crippen molar-refractivity contribution in [3.8, 4) is 29.4 Å². The van der Waals surface area contributed by atoms with E-state index in [4.69, 9.17) is 6.42 Å². The highest BCUT2D eigenvalue weighted by molar-refractivity contribution is 6.02. The summed E-state index contributed by atoms with van der Waals surface area (Å²) < 4.78 is 33.2. The highest BCUT2D eigenvalue weighted by Crippen LogP contribution is 2.53. The van der Waals surface area contributed by atoms with Crippen molar-refractivity contribution in [2.75, 3.05) is 13.1 Å². The molecule has 6 rings (SSSR count). The number of terminal acetylenes is 1. The van der Waals surface area contributed by atoms with Crippen LogP contribution in [0.2, 0.25) is 0 Å². The van der Waals surface area contributed by atoms with Gasteiger partial charge in [-0.1, -0.05) is 12.0 Å². The van der Waals surface area contributed by atoms with E-state index < -0.39 is 11.6 Å². The van der Waals surface area contributed by atoms with Crippen LogP contribution < -0.4 is 11.0 Å². The smallest absolute Gasteiger partial charge is 0.329 e. The first kappa shape index (κ1) is 19.0. The maximum Gasteiger partial charge on any atom is 0.329 e. The van der Waals surface area contributed by atoms with Gasteiger partial charge in [-0.05, 0) is 35.4 Å². The lowest BCUT2D eigenvalue weighted by Gasteiger charge is -2.12. The largest absolute Gasteiger partial charge is 0.508 e. The average molecular weight is 432 g/mol. The summed E-state index contributed by atoms with van der Waals surface area (Å²) in [5, 5.41) is 14.3. The lowest BCUT2D eigenvalue weighted by Crippen LogP contribution is -2.25. The number of hydrogen-bond donors (Lipinski definition) is 2. The minimum atomic E-state index is -0.719. The maximum absolute atomic E-state index is 15.9. The van der Waals surface area contributed by atoms with E-state index in [9.17, 15) is 14.3 Å². The van der Waals surface area contributed by atoms with Crippen LogP contribution in [-0.4, -0.2) is 32.3 Å². The fourth-order valence-electron chi connectivity index (χ4n) is 5.32. The van der Waals surface area contributed by atoms with Crippen LogP contribution >= 0.6 is 0 Å². The number of aromatic nitrogens is 3. The van der Waals surface area contributed by atoms with Gasteiger partial charge in [0, 0.05) is 37.1 Å². The zero-order valence-electron chi connectivity index (χ0n) is 17.1. The third kappa shape index (κ3) is 2.37. The van der Waals surface area contributed by atoms with Crippen LogP contribution in [0.15, 0.2) is 35.3 Å². The molecule has 2 aromatic carbocycles. The first-order valence-corrected chi connectivity index (χ1v) is 10.3. The second kappa shape index (κ2) is 6.40. The number of hydrogen-bond acceptors (Lipinski definition) is 4. The maximum atomic E-state index is 15.9. The summed E-state index contributed by atoms with van der Waals surface area (Å²) in [5.74, 6) is 1.57. The fraction of sp³-hybridized carbons (Fsp3) is 0.250. The lowest BCUT2D eigenvalue weighted by atomic mass is 9.96. The van der Waals surface area contributed by atoms with E-state index in [-0.39, 0.29) is 45.2 Å². The highest BCUT2D eigenvalue weighted by atomic mass is 19.1. The summed E-state index contributed by atoms with van der Waals surface area (Å²) in [7, 11) is 1.53. The Balaban J connectivity index is 1.64. The first-order chi connectivity index (χ1) is 15.4. The Kier molecular flexibility index (Phi) is 3.81. The monoisotopic (exact) mass is 432 g/mol. The Hall–Kier alpha value is -3.70. The number of imidazole rings is 1. The summed E-state index contributed by atoms with van der Waals surface area (Å²) >= 11 is 0. The Morgan fingerprint density at radius 3 is 2.72 bits per heavy atom.